The van der Waals surface area contributed by atoms with Gasteiger partial charge in [0.2, 0.25) is 5.95 Å². The molecule has 1 aromatic carbocycles. The zero-order valence-electron chi connectivity index (χ0n) is 21.4. The molecule has 0 amide bonds. The van der Waals surface area contributed by atoms with E-state index in [1.54, 1.807) is 0 Å². The number of aromatic nitrogens is 4. The van der Waals surface area contributed by atoms with E-state index in [2.05, 4.69) is 55.9 Å². The molecule has 2 unspecified atom stereocenters. The number of rotatable bonds is 9. The van der Waals surface area contributed by atoms with Crippen molar-refractivity contribution in [1.82, 2.24) is 19.7 Å². The summed E-state index contributed by atoms with van der Waals surface area (Å²) in [6.07, 6.45) is 6.99. The molecule has 0 aliphatic heterocycles. The number of aryl methyl sites for hydroxylation is 1. The maximum Gasteiger partial charge on any atom is 0.223 e. The molecule has 184 valence electrons. The second-order valence-corrected chi connectivity index (χ2v) is 16.8. The fourth-order valence-corrected chi connectivity index (χ4v) is 5.47. The second-order valence-electron chi connectivity index (χ2n) is 11.2. The minimum atomic E-state index is -1.15. The Bertz CT molecular complexity index is 1120. The lowest BCUT2D eigenvalue weighted by Crippen LogP contribution is -2.45. The molecule has 1 aliphatic rings. The Balaban J connectivity index is 1.66. The Morgan fingerprint density at radius 2 is 2.06 bits per heavy atom. The Hall–Kier alpha value is -2.29. The van der Waals surface area contributed by atoms with E-state index in [0.29, 0.717) is 12.7 Å². The monoisotopic (exact) mass is 480 g/mol. The van der Waals surface area contributed by atoms with Gasteiger partial charge < -0.3 is 15.8 Å². The first-order valence-corrected chi connectivity index (χ1v) is 16.3. The molecular formula is C26H40N6OSi. The van der Waals surface area contributed by atoms with Crippen molar-refractivity contribution in [3.8, 4) is 11.4 Å². The lowest BCUT2D eigenvalue weighted by molar-refractivity contribution is 0.0802. The number of hydrogen-bond acceptors (Lipinski definition) is 6. The predicted molar refractivity (Wildman–Crippen MR) is 143 cm³/mol. The van der Waals surface area contributed by atoms with Crippen molar-refractivity contribution in [2.45, 2.75) is 89.9 Å². The summed E-state index contributed by atoms with van der Waals surface area (Å²) in [7, 11) is -1.15. The van der Waals surface area contributed by atoms with Gasteiger partial charge in [-0.05, 0) is 56.7 Å². The van der Waals surface area contributed by atoms with Gasteiger partial charge in [-0.2, -0.15) is 5.10 Å². The van der Waals surface area contributed by atoms with Gasteiger partial charge in [0.05, 0.1) is 16.9 Å². The Kier molecular flexibility index (Phi) is 7.40. The summed E-state index contributed by atoms with van der Waals surface area (Å²) < 4.78 is 8.07. The smallest absolute Gasteiger partial charge is 0.223 e. The SMILES string of the molecule is CCc1cnc(NC2CCCC(C)(N)C2)nc1-c1c2ccccc2nn1COCC[Si](C)(C)C. The summed E-state index contributed by atoms with van der Waals surface area (Å²) in [5, 5.41) is 9.52. The fourth-order valence-electron chi connectivity index (χ4n) is 4.72. The molecule has 1 fully saturated rings. The molecule has 0 bridgehead atoms. The highest BCUT2D eigenvalue weighted by Crippen LogP contribution is 2.32. The summed E-state index contributed by atoms with van der Waals surface area (Å²) in [5.74, 6) is 0.659. The number of anilines is 1. The lowest BCUT2D eigenvalue weighted by atomic mass is 9.81. The molecule has 7 nitrogen and oxygen atoms in total. The third-order valence-electron chi connectivity index (χ3n) is 6.67. The van der Waals surface area contributed by atoms with Crippen LogP contribution in [0.5, 0.6) is 0 Å². The van der Waals surface area contributed by atoms with Gasteiger partial charge in [0.15, 0.2) is 0 Å². The standard InChI is InChI=1S/C26H40N6OSi/c1-6-19-17-28-25(29-20-10-9-13-26(2,27)16-20)30-23(19)24-21-11-7-8-12-22(21)31-32(24)18-33-14-15-34(3,4)5/h7-8,11-12,17,20H,6,9-10,13-16,18,27H2,1-5H3,(H,28,29,30). The molecule has 3 aromatic rings. The van der Waals surface area contributed by atoms with Crippen LogP contribution in [-0.4, -0.2) is 46.0 Å². The van der Waals surface area contributed by atoms with Gasteiger partial charge in [0, 0.05) is 37.8 Å². The molecule has 1 saturated carbocycles. The summed E-state index contributed by atoms with van der Waals surface area (Å²) >= 11 is 0. The van der Waals surface area contributed by atoms with E-state index >= 15 is 0 Å². The van der Waals surface area contributed by atoms with Crippen LogP contribution in [0.3, 0.4) is 0 Å². The molecule has 0 spiro atoms. The zero-order valence-corrected chi connectivity index (χ0v) is 22.4. The quantitative estimate of drug-likeness (QED) is 0.313. The fraction of sp³-hybridized carbons (Fsp3) is 0.577. The van der Waals surface area contributed by atoms with Gasteiger partial charge in [-0.15, -0.1) is 0 Å². The minimum absolute atomic E-state index is 0.135. The third-order valence-corrected chi connectivity index (χ3v) is 8.38. The van der Waals surface area contributed by atoms with Gasteiger partial charge in [-0.25, -0.2) is 14.6 Å². The third kappa shape index (κ3) is 6.03. The number of hydrogen-bond donors (Lipinski definition) is 2. The lowest BCUT2D eigenvalue weighted by Gasteiger charge is -2.35. The van der Waals surface area contributed by atoms with Gasteiger partial charge in [0.1, 0.15) is 6.73 Å². The topological polar surface area (TPSA) is 90.9 Å². The van der Waals surface area contributed by atoms with Crippen LogP contribution in [-0.2, 0) is 17.9 Å². The van der Waals surface area contributed by atoms with Crippen LogP contribution in [0.1, 0.15) is 45.1 Å². The molecule has 1 aliphatic carbocycles. The van der Waals surface area contributed by atoms with Gasteiger partial charge in [-0.3, -0.25) is 0 Å². The van der Waals surface area contributed by atoms with Crippen LogP contribution >= 0.6 is 0 Å². The summed E-state index contributed by atoms with van der Waals surface area (Å²) in [5.41, 5.74) is 10.3. The highest BCUT2D eigenvalue weighted by atomic mass is 28.3. The first-order chi connectivity index (χ1) is 16.1. The minimum Gasteiger partial charge on any atom is -0.360 e. The Morgan fingerprint density at radius 3 is 2.79 bits per heavy atom. The van der Waals surface area contributed by atoms with Crippen molar-refractivity contribution in [3.05, 3.63) is 36.0 Å². The van der Waals surface area contributed by atoms with Crippen molar-refractivity contribution in [2.24, 2.45) is 5.73 Å². The van der Waals surface area contributed by atoms with Crippen molar-refractivity contribution in [3.63, 3.8) is 0 Å². The molecule has 2 aromatic heterocycles. The molecule has 0 radical (unpaired) electrons. The molecule has 2 heterocycles. The summed E-state index contributed by atoms with van der Waals surface area (Å²) in [4.78, 5) is 9.69. The molecule has 4 rings (SSSR count). The van der Waals surface area contributed by atoms with Crippen LogP contribution in [0.2, 0.25) is 25.7 Å². The van der Waals surface area contributed by atoms with Crippen LogP contribution in [0, 0.1) is 0 Å². The number of ether oxygens (including phenoxy) is 1. The van der Waals surface area contributed by atoms with Gasteiger partial charge >= 0.3 is 0 Å². The number of nitrogens with zero attached hydrogens (tertiary/aromatic N) is 4. The molecular weight excluding hydrogens is 440 g/mol. The maximum atomic E-state index is 6.44. The summed E-state index contributed by atoms with van der Waals surface area (Å²) in [6.45, 7) is 12.6. The van der Waals surface area contributed by atoms with Crippen molar-refractivity contribution in [2.75, 3.05) is 11.9 Å². The molecule has 0 saturated heterocycles. The van der Waals surface area contributed by atoms with Crippen molar-refractivity contribution >= 4 is 24.9 Å². The van der Waals surface area contributed by atoms with E-state index in [0.717, 1.165) is 72.6 Å². The highest BCUT2D eigenvalue weighted by molar-refractivity contribution is 6.76. The van der Waals surface area contributed by atoms with E-state index in [1.807, 2.05) is 23.0 Å². The van der Waals surface area contributed by atoms with E-state index in [4.69, 9.17) is 20.6 Å². The van der Waals surface area contributed by atoms with Crippen LogP contribution in [0.15, 0.2) is 30.5 Å². The molecule has 2 atom stereocenters. The summed E-state index contributed by atoms with van der Waals surface area (Å²) in [6, 6.07) is 9.66. The van der Waals surface area contributed by atoms with E-state index in [-0.39, 0.29) is 11.6 Å². The predicted octanol–water partition coefficient (Wildman–Crippen LogP) is 5.44. The van der Waals surface area contributed by atoms with Crippen LogP contribution in [0.4, 0.5) is 5.95 Å². The van der Waals surface area contributed by atoms with Crippen LogP contribution < -0.4 is 11.1 Å². The van der Waals surface area contributed by atoms with Crippen molar-refractivity contribution < 1.29 is 4.74 Å². The largest absolute Gasteiger partial charge is 0.360 e. The average Bonchev–Trinajstić information content (AvgIpc) is 3.13. The van der Waals surface area contributed by atoms with Crippen molar-refractivity contribution in [1.29, 1.82) is 0 Å². The van der Waals surface area contributed by atoms with E-state index < -0.39 is 8.07 Å². The maximum absolute atomic E-state index is 6.44. The Labute approximate surface area is 204 Å². The average molecular weight is 481 g/mol. The van der Waals surface area contributed by atoms with E-state index in [9.17, 15) is 0 Å². The second kappa shape index (κ2) is 10.1. The molecule has 8 heteroatoms. The van der Waals surface area contributed by atoms with Crippen LogP contribution in [0.25, 0.3) is 22.3 Å². The molecule has 34 heavy (non-hydrogen) atoms. The number of nitrogens with two attached hydrogens (primary N) is 1. The first-order valence-electron chi connectivity index (χ1n) is 12.6. The zero-order chi connectivity index (χ0) is 24.3. The number of fused-ring (bicyclic) bond motifs is 1. The highest BCUT2D eigenvalue weighted by Gasteiger charge is 2.29. The normalized spacial score (nSPS) is 21.2. The molecule has 3 N–H and O–H groups in total. The number of nitrogens with one attached hydrogen (secondary N) is 1. The van der Waals surface area contributed by atoms with Gasteiger partial charge in [-0.1, -0.05) is 44.8 Å². The van der Waals surface area contributed by atoms with Gasteiger partial charge in [0.25, 0.3) is 0 Å². The first kappa shape index (κ1) is 24.8. The number of benzene rings is 1. The Morgan fingerprint density at radius 1 is 1.26 bits per heavy atom. The van der Waals surface area contributed by atoms with E-state index in [1.165, 1.54) is 0 Å².